The molecule has 8 heteroatoms. The number of benzene rings is 3. The molecule has 6 atom stereocenters. The fourth-order valence-electron chi connectivity index (χ4n) is 6.23. The Balaban J connectivity index is 1.51. The van der Waals surface area contributed by atoms with E-state index in [0.717, 1.165) is 21.6 Å². The highest BCUT2D eigenvalue weighted by atomic mass is 16.6. The van der Waals surface area contributed by atoms with Gasteiger partial charge in [0.2, 0.25) is 11.8 Å². The van der Waals surface area contributed by atoms with E-state index >= 15 is 0 Å². The van der Waals surface area contributed by atoms with Crippen molar-refractivity contribution in [3.63, 3.8) is 0 Å². The number of carbonyl (C=O) groups excluding carboxylic acids is 2. The zero-order valence-electron chi connectivity index (χ0n) is 21.3. The second-order valence-electron chi connectivity index (χ2n) is 9.93. The van der Waals surface area contributed by atoms with Crippen molar-refractivity contribution < 1.29 is 33.6 Å². The summed E-state index contributed by atoms with van der Waals surface area (Å²) >= 11 is 0. The van der Waals surface area contributed by atoms with E-state index in [1.165, 1.54) is 7.05 Å². The summed E-state index contributed by atoms with van der Waals surface area (Å²) in [4.78, 5) is 26.9. The fourth-order valence-corrected chi connectivity index (χ4v) is 6.23. The Bertz CT molecular complexity index is 1290. The third-order valence-corrected chi connectivity index (χ3v) is 8.12. The van der Waals surface area contributed by atoms with Crippen molar-refractivity contribution in [2.24, 2.45) is 11.8 Å². The van der Waals surface area contributed by atoms with Crippen LogP contribution in [0.25, 0.3) is 0 Å². The lowest BCUT2D eigenvalue weighted by Crippen LogP contribution is -2.52. The Labute approximate surface area is 220 Å². The lowest BCUT2D eigenvalue weighted by molar-refractivity contribution is -0.143. The molecule has 0 spiro atoms. The predicted octanol–water partition coefficient (Wildman–Crippen LogP) is 2.75. The summed E-state index contributed by atoms with van der Waals surface area (Å²) in [6, 6.07) is 24.9. The van der Waals surface area contributed by atoms with E-state index in [2.05, 4.69) is 0 Å². The van der Waals surface area contributed by atoms with Crippen molar-refractivity contribution in [2.75, 3.05) is 21.3 Å². The van der Waals surface area contributed by atoms with Crippen LogP contribution in [-0.2, 0) is 24.7 Å². The van der Waals surface area contributed by atoms with Gasteiger partial charge in [-0.05, 0) is 41.0 Å². The summed E-state index contributed by atoms with van der Waals surface area (Å²) in [5.41, 5.74) is 1.24. The number of amides is 2. The van der Waals surface area contributed by atoms with Gasteiger partial charge in [-0.2, -0.15) is 0 Å². The molecule has 6 unspecified atom stereocenters. The van der Waals surface area contributed by atoms with Gasteiger partial charge in [0.1, 0.15) is 29.3 Å². The smallest absolute Gasteiger partial charge is 0.235 e. The Hall–Kier alpha value is -3.72. The van der Waals surface area contributed by atoms with Crippen molar-refractivity contribution in [1.29, 1.82) is 0 Å². The van der Waals surface area contributed by atoms with Crippen LogP contribution in [0.5, 0.6) is 11.5 Å². The number of nitrogens with zero attached hydrogens (tertiary/aromatic N) is 1. The number of rotatable bonds is 7. The first-order valence-corrected chi connectivity index (χ1v) is 12.6. The zero-order chi connectivity index (χ0) is 26.6. The first-order valence-electron chi connectivity index (χ1n) is 12.6. The van der Waals surface area contributed by atoms with Crippen LogP contribution < -0.4 is 9.47 Å². The number of aliphatic hydroxyl groups is 1. The van der Waals surface area contributed by atoms with Gasteiger partial charge in [-0.25, -0.2) is 0 Å². The number of aliphatic hydroxyl groups excluding tert-OH is 1. The van der Waals surface area contributed by atoms with E-state index < -0.39 is 41.9 Å². The molecule has 6 rings (SSSR count). The SMILES string of the molecule is COc1ccc(C(OC2C(O)C3OC2C2C(=O)N(C)C(=O)C32)(c2ccccc2)c2ccc(OC)cc2)cc1. The summed E-state index contributed by atoms with van der Waals surface area (Å²) < 4.78 is 23.9. The molecular weight excluding hydrogens is 486 g/mol. The van der Waals surface area contributed by atoms with Gasteiger partial charge in [0, 0.05) is 7.05 Å². The summed E-state index contributed by atoms with van der Waals surface area (Å²) in [5.74, 6) is -0.618. The largest absolute Gasteiger partial charge is 0.497 e. The molecule has 2 amide bonds. The van der Waals surface area contributed by atoms with Gasteiger partial charge in [-0.3, -0.25) is 14.5 Å². The van der Waals surface area contributed by atoms with Crippen LogP contribution in [0.2, 0.25) is 0 Å². The molecule has 0 radical (unpaired) electrons. The van der Waals surface area contributed by atoms with Crippen molar-refractivity contribution in [3.05, 3.63) is 95.6 Å². The number of hydrogen-bond donors (Lipinski definition) is 1. The fraction of sp³-hybridized carbons (Fsp3) is 0.333. The highest BCUT2D eigenvalue weighted by Gasteiger charge is 2.69. The van der Waals surface area contributed by atoms with Gasteiger partial charge in [0.25, 0.3) is 0 Å². The molecule has 3 heterocycles. The van der Waals surface area contributed by atoms with Crippen LogP contribution in [0.4, 0.5) is 0 Å². The summed E-state index contributed by atoms with van der Waals surface area (Å²) in [6.07, 6.45) is -3.53. The number of ether oxygens (including phenoxy) is 4. The van der Waals surface area contributed by atoms with E-state index in [1.807, 2.05) is 78.9 Å². The molecule has 3 fully saturated rings. The highest BCUT2D eigenvalue weighted by molar-refractivity contribution is 6.06. The average molecular weight is 516 g/mol. The third kappa shape index (κ3) is 3.48. The quantitative estimate of drug-likeness (QED) is 0.382. The average Bonchev–Trinajstić information content (AvgIpc) is 3.58. The maximum Gasteiger partial charge on any atom is 0.235 e. The topological polar surface area (TPSA) is 94.5 Å². The van der Waals surface area contributed by atoms with Gasteiger partial charge >= 0.3 is 0 Å². The van der Waals surface area contributed by atoms with E-state index in [1.54, 1.807) is 14.2 Å². The second kappa shape index (κ2) is 9.23. The number of hydrogen-bond acceptors (Lipinski definition) is 7. The lowest BCUT2D eigenvalue weighted by atomic mass is 9.76. The molecule has 3 aromatic carbocycles. The minimum absolute atomic E-state index is 0.299. The van der Waals surface area contributed by atoms with Gasteiger partial charge in [0.15, 0.2) is 0 Å². The second-order valence-corrected chi connectivity index (χ2v) is 9.93. The maximum absolute atomic E-state index is 13.0. The van der Waals surface area contributed by atoms with Crippen LogP contribution in [0.3, 0.4) is 0 Å². The van der Waals surface area contributed by atoms with Crippen LogP contribution >= 0.6 is 0 Å². The monoisotopic (exact) mass is 515 g/mol. The number of likely N-dealkylation sites (tertiary alicyclic amines) is 1. The molecule has 3 aromatic rings. The molecule has 1 N–H and O–H groups in total. The van der Waals surface area contributed by atoms with Crippen LogP contribution in [0, 0.1) is 11.8 Å². The minimum atomic E-state index is -1.19. The van der Waals surface area contributed by atoms with E-state index in [-0.39, 0.29) is 11.8 Å². The van der Waals surface area contributed by atoms with Gasteiger partial charge in [-0.1, -0.05) is 54.6 Å². The molecule has 0 saturated carbocycles. The normalized spacial score (nSPS) is 28.1. The maximum atomic E-state index is 13.0. The molecule has 3 saturated heterocycles. The molecule has 8 nitrogen and oxygen atoms in total. The van der Waals surface area contributed by atoms with Gasteiger partial charge < -0.3 is 24.1 Å². The predicted molar refractivity (Wildman–Crippen MR) is 137 cm³/mol. The molecule has 196 valence electrons. The van der Waals surface area contributed by atoms with Crippen molar-refractivity contribution in [1.82, 2.24) is 4.90 Å². The molecule has 0 aliphatic carbocycles. The molecule has 0 aromatic heterocycles. The summed E-state index contributed by atoms with van der Waals surface area (Å²) in [7, 11) is 4.69. The first kappa shape index (κ1) is 24.6. The molecular formula is C30H29NO7. The molecule has 3 aliphatic heterocycles. The summed E-state index contributed by atoms with van der Waals surface area (Å²) in [6.45, 7) is 0. The van der Waals surface area contributed by atoms with Crippen molar-refractivity contribution in [3.8, 4) is 11.5 Å². The van der Waals surface area contributed by atoms with Crippen LogP contribution in [-0.4, -0.2) is 67.5 Å². The van der Waals surface area contributed by atoms with E-state index in [0.29, 0.717) is 11.5 Å². The number of carbonyl (C=O) groups is 2. The first-order chi connectivity index (χ1) is 18.4. The van der Waals surface area contributed by atoms with Gasteiger partial charge in [-0.15, -0.1) is 0 Å². The van der Waals surface area contributed by atoms with Crippen LogP contribution in [0.1, 0.15) is 16.7 Å². The Morgan fingerprint density at radius 1 is 0.737 bits per heavy atom. The summed E-state index contributed by atoms with van der Waals surface area (Å²) in [5, 5.41) is 11.4. The molecule has 3 aliphatic rings. The Morgan fingerprint density at radius 2 is 1.21 bits per heavy atom. The minimum Gasteiger partial charge on any atom is -0.497 e. The number of methoxy groups -OCH3 is 2. The third-order valence-electron chi connectivity index (χ3n) is 8.12. The van der Waals surface area contributed by atoms with E-state index in [9.17, 15) is 14.7 Å². The van der Waals surface area contributed by atoms with Crippen molar-refractivity contribution in [2.45, 2.75) is 30.0 Å². The van der Waals surface area contributed by atoms with Crippen LogP contribution in [0.15, 0.2) is 78.9 Å². The highest BCUT2D eigenvalue weighted by Crippen LogP contribution is 2.52. The number of imide groups is 1. The Kier molecular flexibility index (Phi) is 5.98. The van der Waals surface area contributed by atoms with Gasteiger partial charge in [0.05, 0.1) is 38.3 Å². The lowest BCUT2D eigenvalue weighted by Gasteiger charge is -2.41. The molecule has 38 heavy (non-hydrogen) atoms. The van der Waals surface area contributed by atoms with Crippen molar-refractivity contribution >= 4 is 11.8 Å². The zero-order valence-corrected chi connectivity index (χ0v) is 21.3. The number of fused-ring (bicyclic) bond motifs is 5. The molecule has 2 bridgehead atoms. The van der Waals surface area contributed by atoms with E-state index in [4.69, 9.17) is 18.9 Å². The Morgan fingerprint density at radius 3 is 1.71 bits per heavy atom. The standard InChI is InChI=1S/C30H29NO7/c1-31-28(33)22-23(29(31)34)26-27(24(32)25(22)37-26)38-30(17-7-5-4-6-8-17,18-9-13-20(35-2)14-10-18)19-11-15-21(36-3)16-12-19/h4-16,22-27,32H,1-3H3.